The van der Waals surface area contributed by atoms with E-state index in [0.29, 0.717) is 5.56 Å². The molecule has 0 unspecified atom stereocenters. The zero-order valence-corrected chi connectivity index (χ0v) is 19.5. The Kier molecular flexibility index (Phi) is 9.25. The summed E-state index contributed by atoms with van der Waals surface area (Å²) < 4.78 is 18.8. The summed E-state index contributed by atoms with van der Waals surface area (Å²) in [5, 5.41) is 25.5. The van der Waals surface area contributed by atoms with E-state index in [1.54, 1.807) is 54.6 Å². The van der Waals surface area contributed by atoms with Crippen molar-refractivity contribution in [1.82, 2.24) is 10.6 Å². The minimum atomic E-state index is -1.50. The van der Waals surface area contributed by atoms with Gasteiger partial charge in [-0.05, 0) is 22.8 Å². The van der Waals surface area contributed by atoms with E-state index in [4.69, 9.17) is 4.74 Å². The number of aliphatic carboxylic acids is 1. The van der Waals surface area contributed by atoms with Gasteiger partial charge in [-0.25, -0.2) is 9.59 Å². The lowest BCUT2D eigenvalue weighted by Crippen LogP contribution is -2.53. The predicted octanol–water partition coefficient (Wildman–Crippen LogP) is 3.38. The van der Waals surface area contributed by atoms with Crippen LogP contribution in [0.2, 0.25) is 0 Å². The molecule has 2 amide bonds. The van der Waals surface area contributed by atoms with Gasteiger partial charge in [0.05, 0.1) is 4.92 Å². The van der Waals surface area contributed by atoms with Crippen LogP contribution in [0, 0.1) is 15.9 Å². The van der Waals surface area contributed by atoms with Crippen molar-refractivity contribution in [2.24, 2.45) is 0 Å². The van der Waals surface area contributed by atoms with Gasteiger partial charge in [0.15, 0.2) is 0 Å². The van der Waals surface area contributed by atoms with Gasteiger partial charge in [0.25, 0.3) is 0 Å². The van der Waals surface area contributed by atoms with Crippen molar-refractivity contribution in [2.45, 2.75) is 31.5 Å². The SMILES string of the molecule is O=C(N[C@@H](Cc1ccccc1)C(=O)N[C@H](Cc1ccc(F)c([N+](=O)[O-])c1)C(=O)O)OCc1ccccc1. The van der Waals surface area contributed by atoms with Gasteiger partial charge in [0.2, 0.25) is 11.7 Å². The summed E-state index contributed by atoms with van der Waals surface area (Å²) in [4.78, 5) is 47.5. The Balaban J connectivity index is 1.73. The Morgan fingerprint density at radius 2 is 1.46 bits per heavy atom. The van der Waals surface area contributed by atoms with E-state index in [2.05, 4.69) is 10.6 Å². The van der Waals surface area contributed by atoms with Gasteiger partial charge in [-0.1, -0.05) is 66.7 Å². The first-order valence-electron chi connectivity index (χ1n) is 11.2. The molecular formula is C26H24FN3O7. The number of nitrogens with zero attached hydrogens (tertiary/aromatic N) is 1. The van der Waals surface area contributed by atoms with Gasteiger partial charge in [-0.2, -0.15) is 4.39 Å². The van der Waals surface area contributed by atoms with Crippen molar-refractivity contribution in [2.75, 3.05) is 0 Å². The molecule has 3 aromatic carbocycles. The molecule has 0 aliphatic carbocycles. The highest BCUT2D eigenvalue weighted by Gasteiger charge is 2.28. The number of halogens is 1. The van der Waals surface area contributed by atoms with Crippen LogP contribution in [0.15, 0.2) is 78.9 Å². The van der Waals surface area contributed by atoms with E-state index in [1.165, 1.54) is 6.07 Å². The number of hydrogen-bond donors (Lipinski definition) is 3. The molecule has 2 atom stereocenters. The summed E-state index contributed by atoms with van der Waals surface area (Å²) in [6, 6.07) is 17.9. The maximum Gasteiger partial charge on any atom is 0.408 e. The lowest BCUT2D eigenvalue weighted by molar-refractivity contribution is -0.387. The van der Waals surface area contributed by atoms with E-state index < -0.39 is 46.5 Å². The largest absolute Gasteiger partial charge is 0.480 e. The van der Waals surface area contributed by atoms with Gasteiger partial charge in [0.1, 0.15) is 18.7 Å². The summed E-state index contributed by atoms with van der Waals surface area (Å²) in [6.45, 7) is -0.0343. The topological polar surface area (TPSA) is 148 Å². The molecule has 0 fully saturated rings. The van der Waals surface area contributed by atoms with Crippen LogP contribution in [0.3, 0.4) is 0 Å². The second-order valence-electron chi connectivity index (χ2n) is 8.09. The average molecular weight is 509 g/mol. The summed E-state index contributed by atoms with van der Waals surface area (Å²) >= 11 is 0. The zero-order valence-electron chi connectivity index (χ0n) is 19.5. The summed E-state index contributed by atoms with van der Waals surface area (Å²) in [7, 11) is 0. The fourth-order valence-electron chi connectivity index (χ4n) is 3.50. The fraction of sp³-hybridized carbons (Fsp3) is 0.192. The van der Waals surface area contributed by atoms with Crippen LogP contribution < -0.4 is 10.6 Å². The molecule has 0 radical (unpaired) electrons. The van der Waals surface area contributed by atoms with Crippen LogP contribution in [0.25, 0.3) is 0 Å². The maximum absolute atomic E-state index is 13.7. The third-order valence-electron chi connectivity index (χ3n) is 5.37. The van der Waals surface area contributed by atoms with E-state index >= 15 is 0 Å². The highest BCUT2D eigenvalue weighted by atomic mass is 19.1. The number of carbonyl (C=O) groups is 3. The fourth-order valence-corrected chi connectivity index (χ4v) is 3.50. The number of nitrogens with one attached hydrogen (secondary N) is 2. The number of ether oxygens (including phenoxy) is 1. The van der Waals surface area contributed by atoms with Crippen molar-refractivity contribution in [1.29, 1.82) is 0 Å². The van der Waals surface area contributed by atoms with Gasteiger partial charge in [-0.3, -0.25) is 14.9 Å². The molecular weight excluding hydrogens is 485 g/mol. The number of benzene rings is 3. The highest BCUT2D eigenvalue weighted by molar-refractivity contribution is 5.89. The van der Waals surface area contributed by atoms with E-state index in [0.717, 1.165) is 17.7 Å². The minimum absolute atomic E-state index is 0.0343. The van der Waals surface area contributed by atoms with Gasteiger partial charge in [-0.15, -0.1) is 0 Å². The van der Waals surface area contributed by atoms with Crippen molar-refractivity contribution in [3.63, 3.8) is 0 Å². The second-order valence-corrected chi connectivity index (χ2v) is 8.09. The molecule has 3 N–H and O–H groups in total. The molecule has 0 heterocycles. The Morgan fingerprint density at radius 3 is 2.05 bits per heavy atom. The normalized spacial score (nSPS) is 12.1. The third-order valence-corrected chi connectivity index (χ3v) is 5.37. The van der Waals surface area contributed by atoms with Crippen molar-refractivity contribution in [3.8, 4) is 0 Å². The molecule has 0 saturated carbocycles. The zero-order chi connectivity index (χ0) is 26.8. The van der Waals surface area contributed by atoms with Gasteiger partial charge >= 0.3 is 17.7 Å². The predicted molar refractivity (Wildman–Crippen MR) is 130 cm³/mol. The standard InChI is InChI=1S/C26H24FN3O7/c27-20-12-11-19(15-23(20)30(35)36)14-22(25(32)33)28-24(31)21(13-17-7-3-1-4-8-17)29-26(34)37-16-18-9-5-2-6-10-18/h1-12,15,21-22H,13-14,16H2,(H,28,31)(H,29,34)(H,32,33)/t21-,22+/m0/s1. The first-order chi connectivity index (χ1) is 17.7. The number of carboxylic acids is 1. The van der Waals surface area contributed by atoms with Crippen LogP contribution >= 0.6 is 0 Å². The second kappa shape index (κ2) is 12.8. The van der Waals surface area contributed by atoms with Gasteiger partial charge in [0, 0.05) is 18.9 Å². The molecule has 3 aromatic rings. The quantitative estimate of drug-likeness (QED) is 0.265. The smallest absolute Gasteiger partial charge is 0.408 e. The maximum atomic E-state index is 13.7. The molecule has 0 aromatic heterocycles. The average Bonchev–Trinajstić information content (AvgIpc) is 2.88. The number of rotatable bonds is 11. The van der Waals surface area contributed by atoms with Crippen LogP contribution in [0.5, 0.6) is 0 Å². The van der Waals surface area contributed by atoms with Crippen LogP contribution in [-0.2, 0) is 33.8 Å². The first kappa shape index (κ1) is 26.8. The van der Waals surface area contributed by atoms with Crippen molar-refractivity contribution >= 4 is 23.7 Å². The summed E-state index contributed by atoms with van der Waals surface area (Å²) in [5.41, 5.74) is 0.765. The molecule has 0 aliphatic rings. The van der Waals surface area contributed by atoms with Crippen molar-refractivity contribution < 1.29 is 33.5 Å². The number of nitro groups is 1. The molecule has 192 valence electrons. The summed E-state index contributed by atoms with van der Waals surface area (Å²) in [5.74, 6) is -3.28. The number of carboxylic acid groups (broad SMARTS) is 1. The minimum Gasteiger partial charge on any atom is -0.480 e. The number of carbonyl (C=O) groups excluding carboxylic acids is 2. The van der Waals surface area contributed by atoms with Gasteiger partial charge < -0.3 is 20.5 Å². The number of amides is 2. The molecule has 11 heteroatoms. The Hall–Kier alpha value is -4.80. The Bertz CT molecular complexity index is 1260. The number of alkyl carbamates (subject to hydrolysis) is 1. The molecule has 0 saturated heterocycles. The lowest BCUT2D eigenvalue weighted by atomic mass is 10.0. The van der Waals surface area contributed by atoms with E-state index in [9.17, 15) is 34.0 Å². The molecule has 0 spiro atoms. The lowest BCUT2D eigenvalue weighted by Gasteiger charge is -2.21. The summed E-state index contributed by atoms with van der Waals surface area (Å²) in [6.07, 6.45) is -1.18. The van der Waals surface area contributed by atoms with Crippen molar-refractivity contribution in [3.05, 3.63) is 111 Å². The highest BCUT2D eigenvalue weighted by Crippen LogP contribution is 2.19. The third kappa shape index (κ3) is 8.13. The Morgan fingerprint density at radius 1 is 0.865 bits per heavy atom. The molecule has 37 heavy (non-hydrogen) atoms. The van der Waals surface area contributed by atoms with E-state index in [-0.39, 0.29) is 25.0 Å². The molecule has 0 aliphatic heterocycles. The number of hydrogen-bond acceptors (Lipinski definition) is 6. The van der Waals surface area contributed by atoms with E-state index in [1.807, 2.05) is 6.07 Å². The monoisotopic (exact) mass is 509 g/mol. The van der Waals surface area contributed by atoms with Crippen LogP contribution in [-0.4, -0.2) is 40.1 Å². The molecule has 0 bridgehead atoms. The molecule has 3 rings (SSSR count). The number of nitro benzene ring substituents is 1. The van der Waals surface area contributed by atoms with Crippen LogP contribution in [0.4, 0.5) is 14.9 Å². The molecule has 10 nitrogen and oxygen atoms in total. The Labute approximate surface area is 211 Å². The van der Waals surface area contributed by atoms with Crippen LogP contribution in [0.1, 0.15) is 16.7 Å². The first-order valence-corrected chi connectivity index (χ1v) is 11.2.